The first kappa shape index (κ1) is 16.9. The van der Waals surface area contributed by atoms with Crippen molar-refractivity contribution in [3.63, 3.8) is 0 Å². The summed E-state index contributed by atoms with van der Waals surface area (Å²) in [6, 6.07) is 12.0. The molecule has 0 saturated carbocycles. The van der Waals surface area contributed by atoms with E-state index >= 15 is 0 Å². The summed E-state index contributed by atoms with van der Waals surface area (Å²) in [7, 11) is 1.41. The maximum atomic E-state index is 13.7. The van der Waals surface area contributed by atoms with E-state index in [1.54, 1.807) is 18.2 Å². The van der Waals surface area contributed by atoms with Gasteiger partial charge in [-0.05, 0) is 61.4 Å². The van der Waals surface area contributed by atoms with Crippen molar-refractivity contribution in [1.82, 2.24) is 10.3 Å². The van der Waals surface area contributed by atoms with E-state index in [1.165, 1.54) is 13.2 Å². The van der Waals surface area contributed by atoms with Crippen LogP contribution in [0.5, 0.6) is 5.75 Å². The van der Waals surface area contributed by atoms with Gasteiger partial charge in [0.05, 0.1) is 12.6 Å². The molecule has 3 aromatic rings. The smallest absolute Gasteiger partial charge is 0.251 e. The molecule has 3 rings (SSSR count). The molecule has 1 heterocycles. The van der Waals surface area contributed by atoms with Crippen molar-refractivity contribution in [2.45, 2.75) is 20.4 Å². The lowest BCUT2D eigenvalue weighted by atomic mass is 10.1. The summed E-state index contributed by atoms with van der Waals surface area (Å²) in [5.41, 5.74) is 4.11. The number of carbonyl (C=O) groups excluding carboxylic acids is 1. The molecule has 0 bridgehead atoms. The van der Waals surface area contributed by atoms with Crippen LogP contribution in [0.4, 0.5) is 4.39 Å². The first-order valence-corrected chi connectivity index (χ1v) is 7.96. The van der Waals surface area contributed by atoms with Crippen molar-refractivity contribution in [2.24, 2.45) is 0 Å². The first-order chi connectivity index (χ1) is 12.0. The zero-order valence-electron chi connectivity index (χ0n) is 14.4. The van der Waals surface area contributed by atoms with Crippen LogP contribution >= 0.6 is 0 Å². The number of methoxy groups -OCH3 is 1. The summed E-state index contributed by atoms with van der Waals surface area (Å²) in [6.07, 6.45) is 0. The van der Waals surface area contributed by atoms with Gasteiger partial charge >= 0.3 is 0 Å². The van der Waals surface area contributed by atoms with E-state index in [-0.39, 0.29) is 18.2 Å². The number of amides is 1. The number of carbonyl (C=O) groups is 1. The van der Waals surface area contributed by atoms with Crippen LogP contribution in [0.2, 0.25) is 0 Å². The van der Waals surface area contributed by atoms with E-state index in [1.807, 2.05) is 32.0 Å². The Morgan fingerprint density at radius 2 is 1.96 bits per heavy atom. The minimum atomic E-state index is -0.447. The van der Waals surface area contributed by atoms with Gasteiger partial charge in [0.15, 0.2) is 11.6 Å². The molecule has 1 aromatic heterocycles. The molecule has 0 aliphatic carbocycles. The van der Waals surface area contributed by atoms with Crippen LogP contribution in [0.25, 0.3) is 10.9 Å². The number of fused-ring (bicyclic) bond motifs is 1. The molecule has 1 amide bonds. The maximum Gasteiger partial charge on any atom is 0.251 e. The quantitative estimate of drug-likeness (QED) is 0.784. The van der Waals surface area contributed by atoms with E-state index in [0.717, 1.165) is 22.2 Å². The molecule has 0 radical (unpaired) electrons. The van der Waals surface area contributed by atoms with Crippen LogP contribution in [0, 0.1) is 19.7 Å². The van der Waals surface area contributed by atoms with E-state index in [2.05, 4.69) is 10.3 Å². The fourth-order valence-corrected chi connectivity index (χ4v) is 2.81. The molecule has 0 fully saturated rings. The van der Waals surface area contributed by atoms with E-state index in [4.69, 9.17) is 4.74 Å². The second-order valence-corrected chi connectivity index (χ2v) is 5.96. The third-order valence-corrected chi connectivity index (χ3v) is 4.08. The molecule has 128 valence electrons. The van der Waals surface area contributed by atoms with Gasteiger partial charge in [0.2, 0.25) is 0 Å². The number of hydrogen-bond acceptors (Lipinski definition) is 3. The monoisotopic (exact) mass is 338 g/mol. The van der Waals surface area contributed by atoms with Gasteiger partial charge in [-0.2, -0.15) is 0 Å². The van der Waals surface area contributed by atoms with Crippen molar-refractivity contribution in [1.29, 1.82) is 0 Å². The summed E-state index contributed by atoms with van der Waals surface area (Å²) in [6.45, 7) is 4.18. The van der Waals surface area contributed by atoms with E-state index in [9.17, 15) is 9.18 Å². The summed E-state index contributed by atoms with van der Waals surface area (Å²) in [4.78, 5) is 16.9. The average Bonchev–Trinajstić information content (AvgIpc) is 2.59. The van der Waals surface area contributed by atoms with Gasteiger partial charge in [-0.15, -0.1) is 0 Å². The summed E-state index contributed by atoms with van der Waals surface area (Å²) in [5, 5.41) is 3.76. The predicted molar refractivity (Wildman–Crippen MR) is 95.3 cm³/mol. The standard InChI is InChI=1S/C20H19FN2O2/c1-12-8-13(2)23-18-6-5-15(10-16(12)18)20(24)22-11-14-4-7-19(25-3)17(21)9-14/h4-10H,11H2,1-3H3,(H,22,24). The highest BCUT2D eigenvalue weighted by Gasteiger charge is 2.09. The van der Waals surface area contributed by atoms with Gasteiger partial charge < -0.3 is 10.1 Å². The van der Waals surface area contributed by atoms with E-state index in [0.29, 0.717) is 11.1 Å². The van der Waals surface area contributed by atoms with Crippen LogP contribution in [0.1, 0.15) is 27.2 Å². The lowest BCUT2D eigenvalue weighted by Gasteiger charge is -2.09. The first-order valence-electron chi connectivity index (χ1n) is 7.96. The average molecular weight is 338 g/mol. The number of benzene rings is 2. The molecule has 4 nitrogen and oxygen atoms in total. The molecule has 0 saturated heterocycles. The molecule has 0 spiro atoms. The van der Waals surface area contributed by atoms with Gasteiger partial charge in [-0.3, -0.25) is 9.78 Å². The van der Waals surface area contributed by atoms with Gasteiger partial charge in [0.25, 0.3) is 5.91 Å². The summed E-state index contributed by atoms with van der Waals surface area (Å²) >= 11 is 0. The number of pyridine rings is 1. The van der Waals surface area contributed by atoms with Crippen molar-refractivity contribution >= 4 is 16.8 Å². The molecular formula is C20H19FN2O2. The topological polar surface area (TPSA) is 51.2 Å². The Labute approximate surface area is 145 Å². The molecule has 0 aliphatic rings. The van der Waals surface area contributed by atoms with Crippen LogP contribution in [0.15, 0.2) is 42.5 Å². The fourth-order valence-electron chi connectivity index (χ4n) is 2.81. The SMILES string of the molecule is COc1ccc(CNC(=O)c2ccc3nc(C)cc(C)c3c2)cc1F. The highest BCUT2D eigenvalue weighted by molar-refractivity contribution is 5.98. The Kier molecular flexibility index (Phi) is 4.65. The largest absolute Gasteiger partial charge is 0.494 e. The Morgan fingerprint density at radius 3 is 2.68 bits per heavy atom. The molecule has 5 heteroatoms. The van der Waals surface area contributed by atoms with Gasteiger partial charge in [-0.25, -0.2) is 4.39 Å². The second kappa shape index (κ2) is 6.89. The van der Waals surface area contributed by atoms with Crippen LogP contribution < -0.4 is 10.1 Å². The Morgan fingerprint density at radius 1 is 1.16 bits per heavy atom. The highest BCUT2D eigenvalue weighted by Crippen LogP contribution is 2.20. The molecule has 1 N–H and O–H groups in total. The molecular weight excluding hydrogens is 319 g/mol. The summed E-state index contributed by atoms with van der Waals surface area (Å²) < 4.78 is 18.6. The number of halogens is 1. The third kappa shape index (κ3) is 3.60. The lowest BCUT2D eigenvalue weighted by molar-refractivity contribution is 0.0951. The zero-order valence-corrected chi connectivity index (χ0v) is 14.4. The van der Waals surface area contributed by atoms with Crippen LogP contribution in [0.3, 0.4) is 0 Å². The third-order valence-electron chi connectivity index (χ3n) is 4.08. The number of ether oxygens (including phenoxy) is 1. The maximum absolute atomic E-state index is 13.7. The number of aromatic nitrogens is 1. The summed E-state index contributed by atoms with van der Waals surface area (Å²) in [5.74, 6) is -0.474. The van der Waals surface area contributed by atoms with Crippen molar-refractivity contribution in [3.05, 3.63) is 70.7 Å². The Balaban J connectivity index is 1.77. The minimum absolute atomic E-state index is 0.183. The van der Waals surface area contributed by atoms with Crippen molar-refractivity contribution in [3.8, 4) is 5.75 Å². The predicted octanol–water partition coefficient (Wildman–Crippen LogP) is 3.93. The number of aryl methyl sites for hydroxylation is 2. The Bertz CT molecular complexity index is 954. The molecule has 0 aliphatic heterocycles. The molecule has 2 aromatic carbocycles. The highest BCUT2D eigenvalue weighted by atomic mass is 19.1. The molecule has 25 heavy (non-hydrogen) atoms. The van der Waals surface area contributed by atoms with Gasteiger partial charge in [0.1, 0.15) is 0 Å². The number of nitrogens with one attached hydrogen (secondary N) is 1. The normalized spacial score (nSPS) is 10.7. The van der Waals surface area contributed by atoms with Crippen LogP contribution in [-0.4, -0.2) is 18.0 Å². The lowest BCUT2D eigenvalue weighted by Crippen LogP contribution is -2.22. The number of rotatable bonds is 4. The van der Waals surface area contributed by atoms with Crippen molar-refractivity contribution in [2.75, 3.05) is 7.11 Å². The molecule has 0 unspecified atom stereocenters. The van der Waals surface area contributed by atoms with Crippen LogP contribution in [-0.2, 0) is 6.54 Å². The van der Waals surface area contributed by atoms with Gasteiger partial charge in [0, 0.05) is 23.2 Å². The van der Waals surface area contributed by atoms with Gasteiger partial charge in [-0.1, -0.05) is 6.07 Å². The molecule has 0 atom stereocenters. The number of hydrogen-bond donors (Lipinski definition) is 1. The second-order valence-electron chi connectivity index (χ2n) is 5.96. The Hall–Kier alpha value is -2.95. The van der Waals surface area contributed by atoms with E-state index < -0.39 is 5.82 Å². The van der Waals surface area contributed by atoms with Crippen molar-refractivity contribution < 1.29 is 13.9 Å². The number of nitrogens with zero attached hydrogens (tertiary/aromatic N) is 1. The zero-order chi connectivity index (χ0) is 18.0. The minimum Gasteiger partial charge on any atom is -0.494 e. The fraction of sp³-hybridized carbons (Fsp3) is 0.200.